The number of aliphatic hydroxyl groups excluding tert-OH is 1. The van der Waals surface area contributed by atoms with E-state index in [-0.39, 0.29) is 0 Å². The number of nitrogens with one attached hydrogen (secondary N) is 1. The van der Waals surface area contributed by atoms with Crippen molar-refractivity contribution < 1.29 is 9.84 Å². The lowest BCUT2D eigenvalue weighted by Crippen LogP contribution is -2.33. The first-order valence-electron chi connectivity index (χ1n) is 5.37. The summed E-state index contributed by atoms with van der Waals surface area (Å²) in [5.41, 5.74) is 5.30. The van der Waals surface area contributed by atoms with Crippen LogP contribution in [0.4, 0.5) is 0 Å². The van der Waals surface area contributed by atoms with E-state index in [2.05, 4.69) is 19.2 Å². The second-order valence-electron chi connectivity index (χ2n) is 3.70. The first-order chi connectivity index (χ1) is 6.70. The molecule has 0 saturated carbocycles. The lowest BCUT2D eigenvalue weighted by molar-refractivity contribution is 0.0236. The molecule has 0 bridgehead atoms. The van der Waals surface area contributed by atoms with Crippen molar-refractivity contribution in [1.82, 2.24) is 5.32 Å². The summed E-state index contributed by atoms with van der Waals surface area (Å²) in [5.74, 6) is 0.569. The van der Waals surface area contributed by atoms with Gasteiger partial charge in [0, 0.05) is 26.2 Å². The minimum Gasteiger partial charge on any atom is -0.389 e. The number of hydrogen-bond acceptors (Lipinski definition) is 4. The minimum atomic E-state index is -0.425. The second kappa shape index (κ2) is 9.40. The van der Waals surface area contributed by atoms with Crippen LogP contribution in [0.25, 0.3) is 0 Å². The Hall–Kier alpha value is -0.160. The SMILES string of the molecule is CCC(C)COCC(O)CNCCN. The van der Waals surface area contributed by atoms with Gasteiger partial charge in [-0.2, -0.15) is 0 Å². The maximum Gasteiger partial charge on any atom is 0.0897 e. The molecule has 0 aliphatic carbocycles. The van der Waals surface area contributed by atoms with Crippen LogP contribution < -0.4 is 11.1 Å². The van der Waals surface area contributed by atoms with Crippen molar-refractivity contribution in [2.24, 2.45) is 11.7 Å². The van der Waals surface area contributed by atoms with Crippen molar-refractivity contribution in [3.8, 4) is 0 Å². The molecule has 4 heteroatoms. The molecule has 14 heavy (non-hydrogen) atoms. The normalized spacial score (nSPS) is 15.4. The van der Waals surface area contributed by atoms with E-state index >= 15 is 0 Å². The molecule has 2 atom stereocenters. The number of nitrogens with two attached hydrogens (primary N) is 1. The highest BCUT2D eigenvalue weighted by atomic mass is 16.5. The molecule has 4 N–H and O–H groups in total. The quantitative estimate of drug-likeness (QED) is 0.461. The molecule has 86 valence electrons. The Morgan fingerprint density at radius 3 is 2.71 bits per heavy atom. The van der Waals surface area contributed by atoms with Gasteiger partial charge in [0.15, 0.2) is 0 Å². The highest BCUT2D eigenvalue weighted by Gasteiger charge is 2.04. The van der Waals surface area contributed by atoms with E-state index < -0.39 is 6.10 Å². The van der Waals surface area contributed by atoms with Crippen molar-refractivity contribution in [2.45, 2.75) is 26.4 Å². The van der Waals surface area contributed by atoms with Crippen LogP contribution in [-0.4, -0.2) is 44.1 Å². The van der Waals surface area contributed by atoms with Crippen LogP contribution in [0.3, 0.4) is 0 Å². The lowest BCUT2D eigenvalue weighted by Gasteiger charge is -2.14. The van der Waals surface area contributed by atoms with Crippen molar-refractivity contribution in [3.63, 3.8) is 0 Å². The molecule has 0 heterocycles. The Morgan fingerprint density at radius 1 is 1.43 bits per heavy atom. The molecule has 0 amide bonds. The average molecular weight is 204 g/mol. The molecule has 0 fully saturated rings. The van der Waals surface area contributed by atoms with Gasteiger partial charge in [-0.1, -0.05) is 20.3 Å². The third-order valence-corrected chi connectivity index (χ3v) is 2.11. The monoisotopic (exact) mass is 204 g/mol. The van der Waals surface area contributed by atoms with Gasteiger partial charge in [0.1, 0.15) is 0 Å². The zero-order chi connectivity index (χ0) is 10.8. The Balaban J connectivity index is 3.21. The van der Waals surface area contributed by atoms with Gasteiger partial charge in [0.2, 0.25) is 0 Å². The van der Waals surface area contributed by atoms with Crippen LogP contribution in [0.1, 0.15) is 20.3 Å². The van der Waals surface area contributed by atoms with Gasteiger partial charge < -0.3 is 20.9 Å². The Labute approximate surface area is 86.8 Å². The summed E-state index contributed by atoms with van der Waals surface area (Å²) in [7, 11) is 0. The zero-order valence-corrected chi connectivity index (χ0v) is 9.33. The highest BCUT2D eigenvalue weighted by molar-refractivity contribution is 4.58. The summed E-state index contributed by atoms with van der Waals surface area (Å²) in [4.78, 5) is 0. The molecular formula is C10H24N2O2. The molecule has 0 spiro atoms. The average Bonchev–Trinajstić information content (AvgIpc) is 2.18. The molecule has 0 aliphatic heterocycles. The smallest absolute Gasteiger partial charge is 0.0897 e. The molecule has 0 saturated heterocycles. The van der Waals surface area contributed by atoms with Gasteiger partial charge in [-0.25, -0.2) is 0 Å². The molecule has 0 aromatic rings. The maximum atomic E-state index is 9.43. The van der Waals surface area contributed by atoms with Gasteiger partial charge in [0.05, 0.1) is 12.7 Å². The van der Waals surface area contributed by atoms with E-state index in [0.717, 1.165) is 19.6 Å². The third-order valence-electron chi connectivity index (χ3n) is 2.11. The molecular weight excluding hydrogens is 180 g/mol. The van der Waals surface area contributed by atoms with Crippen LogP contribution in [0.2, 0.25) is 0 Å². The number of ether oxygens (including phenoxy) is 1. The summed E-state index contributed by atoms with van der Waals surface area (Å²) < 4.78 is 5.36. The van der Waals surface area contributed by atoms with Crippen LogP contribution in [-0.2, 0) is 4.74 Å². The molecule has 0 radical (unpaired) electrons. The predicted molar refractivity (Wildman–Crippen MR) is 58.2 cm³/mol. The fraction of sp³-hybridized carbons (Fsp3) is 1.00. The third kappa shape index (κ3) is 8.44. The van der Waals surface area contributed by atoms with Crippen LogP contribution in [0.5, 0.6) is 0 Å². The lowest BCUT2D eigenvalue weighted by atomic mass is 10.1. The number of aliphatic hydroxyl groups is 1. The van der Waals surface area contributed by atoms with E-state index in [1.54, 1.807) is 0 Å². The van der Waals surface area contributed by atoms with Crippen molar-refractivity contribution in [3.05, 3.63) is 0 Å². The van der Waals surface area contributed by atoms with E-state index in [1.807, 2.05) is 0 Å². The highest BCUT2D eigenvalue weighted by Crippen LogP contribution is 2.00. The van der Waals surface area contributed by atoms with Crippen LogP contribution >= 0.6 is 0 Å². The fourth-order valence-corrected chi connectivity index (χ4v) is 0.953. The van der Waals surface area contributed by atoms with Gasteiger partial charge in [-0.3, -0.25) is 0 Å². The van der Waals surface area contributed by atoms with E-state index in [1.165, 1.54) is 0 Å². The molecule has 0 aliphatic rings. The topological polar surface area (TPSA) is 67.5 Å². The fourth-order valence-electron chi connectivity index (χ4n) is 0.953. The maximum absolute atomic E-state index is 9.43. The largest absolute Gasteiger partial charge is 0.389 e. The molecule has 0 aromatic carbocycles. The number of hydrogen-bond donors (Lipinski definition) is 3. The van der Waals surface area contributed by atoms with Crippen molar-refractivity contribution in [2.75, 3.05) is 32.8 Å². The Kier molecular flexibility index (Phi) is 9.29. The molecule has 0 aromatic heterocycles. The van der Waals surface area contributed by atoms with Gasteiger partial charge in [0.25, 0.3) is 0 Å². The van der Waals surface area contributed by atoms with Crippen LogP contribution in [0, 0.1) is 5.92 Å². The van der Waals surface area contributed by atoms with E-state index in [0.29, 0.717) is 25.6 Å². The summed E-state index contributed by atoms with van der Waals surface area (Å²) in [6.07, 6.45) is 0.687. The van der Waals surface area contributed by atoms with Crippen LogP contribution in [0.15, 0.2) is 0 Å². The minimum absolute atomic E-state index is 0.405. The standard InChI is InChI=1S/C10H24N2O2/c1-3-9(2)7-14-8-10(13)6-12-5-4-11/h9-10,12-13H,3-8,11H2,1-2H3. The van der Waals surface area contributed by atoms with Crippen molar-refractivity contribution in [1.29, 1.82) is 0 Å². The predicted octanol–water partition coefficient (Wildman–Crippen LogP) is -0.0417. The molecule has 0 rings (SSSR count). The first kappa shape index (κ1) is 13.8. The number of rotatable bonds is 9. The van der Waals surface area contributed by atoms with Crippen molar-refractivity contribution >= 4 is 0 Å². The Morgan fingerprint density at radius 2 is 2.14 bits per heavy atom. The van der Waals surface area contributed by atoms with Gasteiger partial charge in [-0.15, -0.1) is 0 Å². The van der Waals surface area contributed by atoms with E-state index in [9.17, 15) is 5.11 Å². The summed E-state index contributed by atoms with van der Waals surface area (Å²) in [5, 5.41) is 12.5. The first-order valence-corrected chi connectivity index (χ1v) is 5.37. The summed E-state index contributed by atoms with van der Waals surface area (Å²) in [6.45, 7) is 7.29. The Bertz CT molecular complexity index is 123. The van der Waals surface area contributed by atoms with Gasteiger partial charge >= 0.3 is 0 Å². The molecule has 4 nitrogen and oxygen atoms in total. The second-order valence-corrected chi connectivity index (χ2v) is 3.70. The molecule has 2 unspecified atom stereocenters. The summed E-state index contributed by atoms with van der Waals surface area (Å²) in [6, 6.07) is 0. The summed E-state index contributed by atoms with van der Waals surface area (Å²) >= 11 is 0. The van der Waals surface area contributed by atoms with E-state index in [4.69, 9.17) is 10.5 Å². The van der Waals surface area contributed by atoms with Gasteiger partial charge in [-0.05, 0) is 5.92 Å². The zero-order valence-electron chi connectivity index (χ0n) is 9.33.